The van der Waals surface area contributed by atoms with Crippen LogP contribution in [0.2, 0.25) is 4.59 Å². The molecular formula is C4H7LiO4S. The molecule has 6 heteroatoms. The van der Waals surface area contributed by atoms with Crippen LogP contribution >= 0.6 is 0 Å². The maximum atomic E-state index is 8.74. The average molecular weight is 158 g/mol. The molecule has 0 spiro atoms. The fourth-order valence-corrected chi connectivity index (χ4v) is 0. The molecular weight excluding hydrogens is 151 g/mol. The zero-order chi connectivity index (χ0) is 8.78. The van der Waals surface area contributed by atoms with Gasteiger partial charge in [0, 0.05) is 0 Å². The van der Waals surface area contributed by atoms with Gasteiger partial charge in [-0.25, -0.2) is 0 Å². The molecule has 0 aromatic rings. The number of rotatable bonds is 0. The Morgan fingerprint density at radius 3 is 1.70 bits per heavy atom. The van der Waals surface area contributed by atoms with Gasteiger partial charge in [0.15, 0.2) is 0 Å². The van der Waals surface area contributed by atoms with Crippen molar-refractivity contribution in [1.29, 1.82) is 0 Å². The van der Waals surface area contributed by atoms with Gasteiger partial charge in [0.2, 0.25) is 0 Å². The van der Waals surface area contributed by atoms with Gasteiger partial charge in [0.05, 0.1) is 0 Å². The van der Waals surface area contributed by atoms with Crippen LogP contribution in [-0.4, -0.2) is 35.2 Å². The minimum absolute atomic E-state index is 0.412. The van der Waals surface area contributed by atoms with Crippen molar-refractivity contribution in [3.63, 3.8) is 0 Å². The zero-order valence-corrected chi connectivity index (χ0v) is 6.59. The van der Waals surface area contributed by atoms with Crippen LogP contribution in [0.25, 0.3) is 0 Å². The standard InChI is InChI=1S/C4H5.Li.H2O4S/c1-3-4-2;;1-5(2,3)4/h1,4H,2H3;;(H2,1,2,3,4). The second-order valence-electron chi connectivity index (χ2n) is 1.77. The summed E-state index contributed by atoms with van der Waals surface area (Å²) in [5, 5.41) is 0. The summed E-state index contributed by atoms with van der Waals surface area (Å²) >= 11 is 1.99. The van der Waals surface area contributed by atoms with Gasteiger partial charge in [0.25, 0.3) is 0 Å². The molecule has 1 unspecified atom stereocenters. The second kappa shape index (κ2) is 5.79. The van der Waals surface area contributed by atoms with Crippen molar-refractivity contribution >= 4 is 28.1 Å². The van der Waals surface area contributed by atoms with Crippen LogP contribution in [0, 0.1) is 12.3 Å². The fraction of sp³-hybridized carbons (Fsp3) is 0.500. The Morgan fingerprint density at radius 2 is 1.70 bits per heavy atom. The Kier molecular flexibility index (Phi) is 7.34. The van der Waals surface area contributed by atoms with Crippen molar-refractivity contribution in [1.82, 2.24) is 0 Å². The van der Waals surface area contributed by atoms with Crippen molar-refractivity contribution in [2.24, 2.45) is 0 Å². The fourth-order valence-electron chi connectivity index (χ4n) is 0. The maximum absolute atomic E-state index is 8.74. The van der Waals surface area contributed by atoms with E-state index in [1.54, 1.807) is 0 Å². The van der Waals surface area contributed by atoms with Gasteiger partial charge >= 0.3 is 52.0 Å². The molecule has 0 saturated heterocycles. The van der Waals surface area contributed by atoms with Crippen molar-refractivity contribution in [2.75, 3.05) is 0 Å². The third-order valence-electron chi connectivity index (χ3n) is 0.333. The van der Waals surface area contributed by atoms with E-state index in [4.69, 9.17) is 23.9 Å². The van der Waals surface area contributed by atoms with Gasteiger partial charge < -0.3 is 0 Å². The van der Waals surface area contributed by atoms with E-state index >= 15 is 0 Å². The first-order chi connectivity index (χ1) is 4.27. The van der Waals surface area contributed by atoms with Gasteiger partial charge in [-0.3, -0.25) is 9.11 Å². The Bertz CT molecular complexity index is 192. The van der Waals surface area contributed by atoms with E-state index in [1.165, 1.54) is 0 Å². The molecule has 0 fully saturated rings. The normalized spacial score (nSPS) is 12.4. The van der Waals surface area contributed by atoms with E-state index in [1.807, 2.05) is 24.6 Å². The van der Waals surface area contributed by atoms with E-state index in [0.717, 1.165) is 0 Å². The molecule has 4 nitrogen and oxygen atoms in total. The molecule has 0 aromatic heterocycles. The Morgan fingerprint density at radius 1 is 1.60 bits per heavy atom. The average Bonchev–Trinajstić information content (AvgIpc) is 1.61. The predicted molar refractivity (Wildman–Crippen MR) is 38.2 cm³/mol. The molecule has 0 rings (SSSR count). The summed E-state index contributed by atoms with van der Waals surface area (Å²) in [4.78, 5) is 0. The van der Waals surface area contributed by atoms with Gasteiger partial charge in [-0.05, 0) is 0 Å². The quantitative estimate of drug-likeness (QED) is 0.294. The van der Waals surface area contributed by atoms with E-state index < -0.39 is 10.4 Å². The summed E-state index contributed by atoms with van der Waals surface area (Å²) in [6, 6.07) is 0. The molecule has 0 aliphatic carbocycles. The van der Waals surface area contributed by atoms with Crippen LogP contribution in [0.4, 0.5) is 0 Å². The van der Waals surface area contributed by atoms with Crippen molar-refractivity contribution in [2.45, 2.75) is 11.5 Å². The second-order valence-corrected chi connectivity index (χ2v) is 2.66. The summed E-state index contributed by atoms with van der Waals surface area (Å²) in [5.41, 5.74) is 0. The van der Waals surface area contributed by atoms with Crippen LogP contribution in [0.3, 0.4) is 0 Å². The molecule has 54 valence electrons. The summed E-state index contributed by atoms with van der Waals surface area (Å²) in [7, 11) is -4.67. The van der Waals surface area contributed by atoms with Gasteiger partial charge in [-0.1, -0.05) is 0 Å². The minimum atomic E-state index is -4.67. The predicted octanol–water partition coefficient (Wildman–Crippen LogP) is -0.0563. The summed E-state index contributed by atoms with van der Waals surface area (Å²) in [5.74, 6) is 2.53. The van der Waals surface area contributed by atoms with E-state index in [2.05, 4.69) is 5.92 Å². The first kappa shape index (κ1) is 12.7. The molecule has 0 aliphatic heterocycles. The van der Waals surface area contributed by atoms with Crippen molar-refractivity contribution in [3.8, 4) is 12.3 Å². The molecule has 0 radical (unpaired) electrons. The van der Waals surface area contributed by atoms with E-state index in [-0.39, 0.29) is 0 Å². The first-order valence-corrected chi connectivity index (χ1v) is 3.83. The van der Waals surface area contributed by atoms with Crippen LogP contribution in [0.15, 0.2) is 0 Å². The Labute approximate surface area is 69.8 Å². The molecule has 0 saturated carbocycles. The van der Waals surface area contributed by atoms with Gasteiger partial charge in [0.1, 0.15) is 0 Å². The van der Waals surface area contributed by atoms with Crippen LogP contribution in [0.1, 0.15) is 6.92 Å². The molecule has 0 amide bonds. The summed E-state index contributed by atoms with van der Waals surface area (Å²) in [6.45, 7) is 1.99. The zero-order valence-electron chi connectivity index (χ0n) is 5.77. The number of hydrogen-bond acceptors (Lipinski definition) is 2. The van der Waals surface area contributed by atoms with Crippen LogP contribution in [0.5, 0.6) is 0 Å². The Balaban J connectivity index is 0. The molecule has 0 aliphatic rings. The third-order valence-corrected chi connectivity index (χ3v) is 0.333. The summed E-state index contributed by atoms with van der Waals surface area (Å²) in [6.07, 6.45) is 4.92. The Hall–Kier alpha value is 0.0274. The monoisotopic (exact) mass is 158 g/mol. The van der Waals surface area contributed by atoms with Crippen LogP contribution in [-0.2, 0) is 10.4 Å². The van der Waals surface area contributed by atoms with Crippen LogP contribution < -0.4 is 0 Å². The van der Waals surface area contributed by atoms with Crippen molar-refractivity contribution < 1.29 is 17.5 Å². The molecule has 1 atom stereocenters. The van der Waals surface area contributed by atoms with E-state index in [0.29, 0.717) is 4.59 Å². The SMILES string of the molecule is O=S(=O)(O)O.[Li][CH](C)C#C. The topological polar surface area (TPSA) is 74.6 Å². The number of hydrogen-bond donors (Lipinski definition) is 2. The third kappa shape index (κ3) is 96.4. The molecule has 0 bridgehead atoms. The first-order valence-electron chi connectivity index (χ1n) is 2.43. The van der Waals surface area contributed by atoms with Crippen molar-refractivity contribution in [3.05, 3.63) is 0 Å². The van der Waals surface area contributed by atoms with Gasteiger partial charge in [-0.15, -0.1) is 0 Å². The molecule has 0 heterocycles. The van der Waals surface area contributed by atoms with E-state index in [9.17, 15) is 0 Å². The van der Waals surface area contributed by atoms with Gasteiger partial charge in [-0.2, -0.15) is 8.42 Å². The molecule has 0 aromatic carbocycles. The number of terminal acetylenes is 1. The molecule has 10 heavy (non-hydrogen) atoms. The molecule has 2 N–H and O–H groups in total. The summed E-state index contributed by atoms with van der Waals surface area (Å²) < 4.78 is 32.0.